The maximum Gasteiger partial charge on any atom is 0.0351 e. The Balaban J connectivity index is 0. The SMILES string of the molecule is C1CC1.C=C(C)C(C)(C)c1ccccc1C.CC.COC. The van der Waals surface area contributed by atoms with Crippen molar-refractivity contribution in [1.29, 1.82) is 0 Å². The van der Waals surface area contributed by atoms with Crippen LogP contribution in [0.5, 0.6) is 0 Å². The molecule has 0 spiro atoms. The second-order valence-corrected chi connectivity index (χ2v) is 5.69. The van der Waals surface area contributed by atoms with Crippen LogP contribution in [0.25, 0.3) is 0 Å². The minimum atomic E-state index is 0.0886. The Morgan fingerprint density at radius 1 is 1.05 bits per heavy atom. The number of ether oxygens (including phenoxy) is 1. The van der Waals surface area contributed by atoms with Gasteiger partial charge in [-0.3, -0.25) is 0 Å². The first kappa shape index (κ1) is 22.2. The molecule has 0 amide bonds. The first-order valence-corrected chi connectivity index (χ1v) is 8.00. The Bertz CT molecular complexity index is 372. The molecule has 0 bridgehead atoms. The molecule has 1 nitrogen and oxygen atoms in total. The van der Waals surface area contributed by atoms with Crippen LogP contribution in [-0.4, -0.2) is 14.2 Å². The number of rotatable bonds is 2. The third-order valence-corrected chi connectivity index (χ3v) is 3.24. The summed E-state index contributed by atoms with van der Waals surface area (Å²) in [6, 6.07) is 8.50. The van der Waals surface area contributed by atoms with Gasteiger partial charge in [0.2, 0.25) is 0 Å². The standard InChI is InChI=1S/C13H18.C3H6.C2H6O.C2H6/c1-10(2)13(4,5)12-9-7-6-8-11(12)3;1-2-3-1;1-3-2;1-2/h6-9H,1H2,2-5H3;1-3H2;1-2H3;1-2H3. The van der Waals surface area contributed by atoms with Gasteiger partial charge in [-0.1, -0.05) is 83.4 Å². The van der Waals surface area contributed by atoms with Crippen molar-refractivity contribution in [2.45, 2.75) is 66.2 Å². The second-order valence-electron chi connectivity index (χ2n) is 5.69. The summed E-state index contributed by atoms with van der Waals surface area (Å²) in [5.74, 6) is 0. The fourth-order valence-corrected chi connectivity index (χ4v) is 1.50. The molecule has 0 aliphatic heterocycles. The van der Waals surface area contributed by atoms with Crippen LogP contribution in [0, 0.1) is 6.92 Å². The van der Waals surface area contributed by atoms with E-state index in [2.05, 4.69) is 63.3 Å². The average Bonchev–Trinajstić information content (AvgIpc) is 3.30. The van der Waals surface area contributed by atoms with E-state index >= 15 is 0 Å². The van der Waals surface area contributed by atoms with E-state index in [4.69, 9.17) is 0 Å². The molecular weight excluding hydrogens is 256 g/mol. The van der Waals surface area contributed by atoms with Crippen molar-refractivity contribution in [3.8, 4) is 0 Å². The van der Waals surface area contributed by atoms with Gasteiger partial charge in [-0.05, 0) is 25.0 Å². The van der Waals surface area contributed by atoms with Gasteiger partial charge in [-0.15, -0.1) is 0 Å². The summed E-state index contributed by atoms with van der Waals surface area (Å²) in [5.41, 5.74) is 4.02. The smallest absolute Gasteiger partial charge is 0.0351 e. The molecule has 1 saturated carbocycles. The fraction of sp³-hybridized carbons (Fsp3) is 0.600. The number of hydrogen-bond donors (Lipinski definition) is 0. The predicted octanol–water partition coefficient (Wildman–Crippen LogP) is 6.31. The molecule has 0 unspecified atom stereocenters. The molecule has 122 valence electrons. The zero-order chi connectivity index (χ0) is 16.9. The van der Waals surface area contributed by atoms with E-state index in [9.17, 15) is 0 Å². The maximum atomic E-state index is 4.25. The van der Waals surface area contributed by atoms with Gasteiger partial charge in [-0.2, -0.15) is 0 Å². The van der Waals surface area contributed by atoms with E-state index in [0.29, 0.717) is 0 Å². The highest BCUT2D eigenvalue weighted by Crippen LogP contribution is 2.31. The van der Waals surface area contributed by atoms with Gasteiger partial charge in [0.05, 0.1) is 0 Å². The lowest BCUT2D eigenvalue weighted by atomic mass is 9.77. The lowest BCUT2D eigenvalue weighted by Crippen LogP contribution is -2.19. The van der Waals surface area contributed by atoms with Crippen LogP contribution in [0.2, 0.25) is 0 Å². The van der Waals surface area contributed by atoms with Crippen LogP contribution in [0.15, 0.2) is 36.4 Å². The van der Waals surface area contributed by atoms with Gasteiger partial charge < -0.3 is 4.74 Å². The van der Waals surface area contributed by atoms with Crippen LogP contribution >= 0.6 is 0 Å². The summed E-state index contributed by atoms with van der Waals surface area (Å²) in [6.07, 6.45) is 4.50. The predicted molar refractivity (Wildman–Crippen MR) is 97.2 cm³/mol. The van der Waals surface area contributed by atoms with Crippen molar-refractivity contribution in [3.05, 3.63) is 47.5 Å². The molecule has 1 aromatic rings. The van der Waals surface area contributed by atoms with Crippen molar-refractivity contribution in [3.63, 3.8) is 0 Å². The minimum absolute atomic E-state index is 0.0886. The monoisotopic (exact) mass is 292 g/mol. The highest BCUT2D eigenvalue weighted by Gasteiger charge is 2.22. The van der Waals surface area contributed by atoms with Gasteiger partial charge in [0, 0.05) is 19.6 Å². The second kappa shape index (κ2) is 12.6. The highest BCUT2D eigenvalue weighted by molar-refractivity contribution is 5.38. The van der Waals surface area contributed by atoms with Crippen molar-refractivity contribution >= 4 is 0 Å². The third kappa shape index (κ3) is 10.3. The summed E-state index contributed by atoms with van der Waals surface area (Å²) < 4.78 is 4.25. The quantitative estimate of drug-likeness (QED) is 0.580. The lowest BCUT2D eigenvalue weighted by molar-refractivity contribution is 0.277. The van der Waals surface area contributed by atoms with E-state index in [1.54, 1.807) is 14.2 Å². The third-order valence-electron chi connectivity index (χ3n) is 3.24. The molecule has 0 heterocycles. The first-order valence-electron chi connectivity index (χ1n) is 8.00. The highest BCUT2D eigenvalue weighted by atomic mass is 16.4. The lowest BCUT2D eigenvalue weighted by Gasteiger charge is -2.27. The van der Waals surface area contributed by atoms with Crippen LogP contribution in [0.1, 0.15) is 65.0 Å². The van der Waals surface area contributed by atoms with E-state index in [1.807, 2.05) is 13.8 Å². The Hall–Kier alpha value is -1.08. The largest absolute Gasteiger partial charge is 0.388 e. The van der Waals surface area contributed by atoms with Crippen molar-refractivity contribution in [2.75, 3.05) is 14.2 Å². The van der Waals surface area contributed by atoms with Crippen LogP contribution in [0.3, 0.4) is 0 Å². The molecule has 21 heavy (non-hydrogen) atoms. The van der Waals surface area contributed by atoms with Crippen LogP contribution < -0.4 is 0 Å². The normalized spacial score (nSPS) is 11.6. The number of benzene rings is 1. The molecule has 0 aromatic heterocycles. The maximum absolute atomic E-state index is 4.25. The summed E-state index contributed by atoms with van der Waals surface area (Å²) in [6.45, 7) is 16.7. The van der Waals surface area contributed by atoms with Gasteiger partial charge >= 0.3 is 0 Å². The van der Waals surface area contributed by atoms with Gasteiger partial charge in [-0.25, -0.2) is 0 Å². The molecule has 1 fully saturated rings. The van der Waals surface area contributed by atoms with Crippen molar-refractivity contribution < 1.29 is 4.74 Å². The number of methoxy groups -OCH3 is 1. The number of allylic oxidation sites excluding steroid dienone is 1. The Morgan fingerprint density at radius 2 is 1.43 bits per heavy atom. The number of hydrogen-bond acceptors (Lipinski definition) is 1. The number of aryl methyl sites for hydroxylation is 1. The summed E-state index contributed by atoms with van der Waals surface area (Å²) in [5, 5.41) is 0. The topological polar surface area (TPSA) is 9.23 Å². The average molecular weight is 293 g/mol. The van der Waals surface area contributed by atoms with Crippen molar-refractivity contribution in [1.82, 2.24) is 0 Å². The Morgan fingerprint density at radius 3 is 1.71 bits per heavy atom. The van der Waals surface area contributed by atoms with E-state index in [1.165, 1.54) is 36.0 Å². The molecule has 1 heteroatoms. The minimum Gasteiger partial charge on any atom is -0.388 e. The molecule has 0 radical (unpaired) electrons. The van der Waals surface area contributed by atoms with Gasteiger partial charge in [0.15, 0.2) is 0 Å². The molecule has 1 aliphatic rings. The molecule has 0 N–H and O–H groups in total. The zero-order valence-electron chi connectivity index (χ0n) is 15.5. The molecule has 0 saturated heterocycles. The Kier molecular flexibility index (Phi) is 13.4. The zero-order valence-corrected chi connectivity index (χ0v) is 15.5. The Labute approximate surface area is 133 Å². The fourth-order valence-electron chi connectivity index (χ4n) is 1.50. The first-order chi connectivity index (χ1) is 9.87. The molecule has 0 atom stereocenters. The van der Waals surface area contributed by atoms with E-state index in [0.717, 1.165) is 0 Å². The summed E-state index contributed by atoms with van der Waals surface area (Å²) >= 11 is 0. The van der Waals surface area contributed by atoms with Gasteiger partial charge in [0.1, 0.15) is 0 Å². The van der Waals surface area contributed by atoms with E-state index in [-0.39, 0.29) is 5.41 Å². The molecule has 2 rings (SSSR count). The van der Waals surface area contributed by atoms with E-state index < -0.39 is 0 Å². The van der Waals surface area contributed by atoms with Crippen LogP contribution in [0.4, 0.5) is 0 Å². The summed E-state index contributed by atoms with van der Waals surface area (Å²) in [4.78, 5) is 0. The van der Waals surface area contributed by atoms with Crippen LogP contribution in [-0.2, 0) is 10.2 Å². The molecule has 1 aliphatic carbocycles. The van der Waals surface area contributed by atoms with Crippen molar-refractivity contribution in [2.24, 2.45) is 0 Å². The summed E-state index contributed by atoms with van der Waals surface area (Å²) in [7, 11) is 3.25. The molecule has 1 aromatic carbocycles. The van der Waals surface area contributed by atoms with Gasteiger partial charge in [0.25, 0.3) is 0 Å². The molecular formula is C20H36O.